The maximum Gasteiger partial charge on any atom is 0.294 e. The van der Waals surface area contributed by atoms with Crippen molar-refractivity contribution in [3.8, 4) is 22.1 Å². The number of thiazole rings is 1. The standard InChI is InChI=1S/C26H25F2N3O5S/c27-17-5-3-15(4-6-17)26-30-20(14-37-26)23(33)25(34)29-19(13-31-7-1-2-8-31)22(32)16-11-18(28)24-21(12-16)35-9-10-36-24/h3-6,11-12,14,19,22,32H,1-2,7-10,13H2,(H,29,34). The van der Waals surface area contributed by atoms with Gasteiger partial charge in [-0.3, -0.25) is 9.59 Å². The van der Waals surface area contributed by atoms with E-state index in [1.165, 1.54) is 35.7 Å². The number of nitrogens with one attached hydrogen (secondary N) is 1. The van der Waals surface area contributed by atoms with E-state index in [0.717, 1.165) is 43.3 Å². The number of halogens is 2. The van der Waals surface area contributed by atoms with Crippen molar-refractivity contribution >= 4 is 23.0 Å². The summed E-state index contributed by atoms with van der Waals surface area (Å²) in [7, 11) is 0. The zero-order valence-corrected chi connectivity index (χ0v) is 20.6. The summed E-state index contributed by atoms with van der Waals surface area (Å²) in [6, 6.07) is 7.40. The predicted octanol–water partition coefficient (Wildman–Crippen LogP) is 3.36. The number of ketones is 1. The van der Waals surface area contributed by atoms with Gasteiger partial charge in [-0.15, -0.1) is 11.3 Å². The van der Waals surface area contributed by atoms with E-state index >= 15 is 0 Å². The summed E-state index contributed by atoms with van der Waals surface area (Å²) >= 11 is 1.16. The Morgan fingerprint density at radius 1 is 1.11 bits per heavy atom. The Morgan fingerprint density at radius 2 is 1.84 bits per heavy atom. The molecule has 37 heavy (non-hydrogen) atoms. The van der Waals surface area contributed by atoms with Crippen LogP contribution in [0.5, 0.6) is 11.5 Å². The summed E-state index contributed by atoms with van der Waals surface area (Å²) < 4.78 is 38.6. The second-order valence-corrected chi connectivity index (χ2v) is 9.79. The van der Waals surface area contributed by atoms with Crippen molar-refractivity contribution in [2.24, 2.45) is 0 Å². The summed E-state index contributed by atoms with van der Waals surface area (Å²) in [5.74, 6) is -2.70. The predicted molar refractivity (Wildman–Crippen MR) is 132 cm³/mol. The van der Waals surface area contributed by atoms with Crippen LogP contribution in [0.15, 0.2) is 41.8 Å². The van der Waals surface area contributed by atoms with Crippen molar-refractivity contribution in [2.75, 3.05) is 32.8 Å². The number of Topliss-reactive ketones (excluding diaryl/α,β-unsaturated/α-hetero) is 1. The lowest BCUT2D eigenvalue weighted by atomic mass is 10.00. The van der Waals surface area contributed by atoms with Gasteiger partial charge in [-0.05, 0) is 67.9 Å². The summed E-state index contributed by atoms with van der Waals surface area (Å²) in [5.41, 5.74) is 0.765. The first-order chi connectivity index (χ1) is 17.9. The molecule has 0 saturated carbocycles. The fourth-order valence-electron chi connectivity index (χ4n) is 4.45. The van der Waals surface area contributed by atoms with Gasteiger partial charge in [-0.2, -0.15) is 0 Å². The van der Waals surface area contributed by atoms with E-state index in [9.17, 15) is 23.5 Å². The number of rotatable bonds is 8. The number of hydrogen-bond acceptors (Lipinski definition) is 8. The van der Waals surface area contributed by atoms with Crippen LogP contribution in [0.1, 0.15) is 35.0 Å². The molecule has 2 aliphatic heterocycles. The van der Waals surface area contributed by atoms with Crippen LogP contribution in [0, 0.1) is 11.6 Å². The number of benzene rings is 2. The van der Waals surface area contributed by atoms with Crippen molar-refractivity contribution in [2.45, 2.75) is 25.0 Å². The lowest BCUT2D eigenvalue weighted by Crippen LogP contribution is -2.48. The number of aromatic nitrogens is 1. The Morgan fingerprint density at radius 3 is 2.59 bits per heavy atom. The molecule has 2 aromatic carbocycles. The third-order valence-electron chi connectivity index (χ3n) is 6.35. The van der Waals surface area contributed by atoms with Crippen molar-refractivity contribution in [3.63, 3.8) is 0 Å². The molecule has 1 amide bonds. The van der Waals surface area contributed by atoms with Crippen molar-refractivity contribution in [3.05, 3.63) is 64.7 Å². The van der Waals surface area contributed by atoms with Gasteiger partial charge in [0, 0.05) is 17.5 Å². The second-order valence-electron chi connectivity index (χ2n) is 8.93. The minimum Gasteiger partial charge on any atom is -0.486 e. The molecule has 3 aromatic rings. The summed E-state index contributed by atoms with van der Waals surface area (Å²) in [4.78, 5) is 32.2. The van der Waals surface area contributed by atoms with Crippen LogP contribution in [0.2, 0.25) is 0 Å². The number of nitrogens with zero attached hydrogens (tertiary/aromatic N) is 2. The minimum atomic E-state index is -1.31. The van der Waals surface area contributed by atoms with E-state index in [1.807, 2.05) is 0 Å². The first-order valence-corrected chi connectivity index (χ1v) is 12.8. The highest BCUT2D eigenvalue weighted by molar-refractivity contribution is 7.13. The first kappa shape index (κ1) is 25.2. The van der Waals surface area contributed by atoms with Crippen LogP contribution in [0.25, 0.3) is 10.6 Å². The molecule has 1 aromatic heterocycles. The fraction of sp³-hybridized carbons (Fsp3) is 0.346. The highest BCUT2D eigenvalue weighted by atomic mass is 32.1. The second kappa shape index (κ2) is 10.9. The maximum absolute atomic E-state index is 14.6. The van der Waals surface area contributed by atoms with Gasteiger partial charge in [0.15, 0.2) is 17.3 Å². The molecule has 2 N–H and O–H groups in total. The van der Waals surface area contributed by atoms with E-state index in [-0.39, 0.29) is 42.5 Å². The highest BCUT2D eigenvalue weighted by Gasteiger charge is 2.31. The highest BCUT2D eigenvalue weighted by Crippen LogP contribution is 2.36. The Balaban J connectivity index is 1.34. The van der Waals surface area contributed by atoms with Gasteiger partial charge in [0.2, 0.25) is 0 Å². The van der Waals surface area contributed by atoms with Crippen molar-refractivity contribution < 1.29 is 33.0 Å². The van der Waals surface area contributed by atoms with Crippen molar-refractivity contribution in [1.29, 1.82) is 0 Å². The molecule has 1 saturated heterocycles. The normalized spacial score (nSPS) is 16.8. The Kier molecular flexibility index (Phi) is 7.45. The van der Waals surface area contributed by atoms with E-state index in [1.54, 1.807) is 0 Å². The van der Waals surface area contributed by atoms with Gasteiger partial charge in [-0.25, -0.2) is 13.8 Å². The molecular formula is C26H25F2N3O5S. The number of amides is 1. The molecule has 11 heteroatoms. The van der Waals surface area contributed by atoms with Crippen LogP contribution < -0.4 is 14.8 Å². The number of likely N-dealkylation sites (tertiary alicyclic amines) is 1. The summed E-state index contributed by atoms with van der Waals surface area (Å²) in [5, 5.41) is 15.8. The number of carbonyl (C=O) groups is 2. The molecule has 5 rings (SSSR count). The van der Waals surface area contributed by atoms with Crippen LogP contribution in [-0.4, -0.2) is 65.6 Å². The molecule has 2 aliphatic rings. The Hall–Kier alpha value is -3.41. The molecule has 3 heterocycles. The molecule has 0 radical (unpaired) electrons. The Labute approximate surface area is 215 Å². The average molecular weight is 530 g/mol. The molecule has 8 nitrogen and oxygen atoms in total. The number of hydrogen-bond donors (Lipinski definition) is 2. The molecular weight excluding hydrogens is 504 g/mol. The van der Waals surface area contributed by atoms with Gasteiger partial charge in [-0.1, -0.05) is 0 Å². The molecule has 0 spiro atoms. The summed E-state index contributed by atoms with van der Waals surface area (Å²) in [6.07, 6.45) is 0.659. The zero-order valence-electron chi connectivity index (χ0n) is 19.8. The third-order valence-corrected chi connectivity index (χ3v) is 7.24. The number of carbonyl (C=O) groups excluding carboxylic acids is 2. The largest absolute Gasteiger partial charge is 0.486 e. The lowest BCUT2D eigenvalue weighted by molar-refractivity contribution is -0.118. The molecule has 194 valence electrons. The maximum atomic E-state index is 14.6. The van der Waals surface area contributed by atoms with Gasteiger partial charge < -0.3 is 24.8 Å². The van der Waals surface area contributed by atoms with E-state index in [2.05, 4.69) is 15.2 Å². The SMILES string of the molecule is O=C(NC(CN1CCCC1)C(O)c1cc(F)c2c(c1)OCCO2)C(=O)c1csc(-c2ccc(F)cc2)n1. The zero-order chi connectivity index (χ0) is 25.9. The van der Waals surface area contributed by atoms with Crippen LogP contribution in [-0.2, 0) is 4.79 Å². The molecule has 0 bridgehead atoms. The minimum absolute atomic E-state index is 0.0157. The average Bonchev–Trinajstić information content (AvgIpc) is 3.60. The molecule has 2 unspecified atom stereocenters. The van der Waals surface area contributed by atoms with Crippen molar-refractivity contribution in [1.82, 2.24) is 15.2 Å². The van der Waals surface area contributed by atoms with Crippen LogP contribution >= 0.6 is 11.3 Å². The third kappa shape index (κ3) is 5.63. The number of aliphatic hydroxyl groups is 1. The lowest BCUT2D eigenvalue weighted by Gasteiger charge is -2.29. The van der Waals surface area contributed by atoms with Gasteiger partial charge in [0.05, 0.1) is 6.04 Å². The first-order valence-electron chi connectivity index (χ1n) is 11.9. The van der Waals surface area contributed by atoms with Gasteiger partial charge >= 0.3 is 0 Å². The molecule has 1 fully saturated rings. The van der Waals surface area contributed by atoms with E-state index in [0.29, 0.717) is 10.6 Å². The molecule has 0 aliphatic carbocycles. The topological polar surface area (TPSA) is 101 Å². The fourth-order valence-corrected chi connectivity index (χ4v) is 5.26. The number of fused-ring (bicyclic) bond motifs is 1. The van der Waals surface area contributed by atoms with E-state index < -0.39 is 35.5 Å². The summed E-state index contributed by atoms with van der Waals surface area (Å²) in [6.45, 7) is 2.32. The number of aliphatic hydroxyl groups excluding tert-OH is 1. The van der Waals surface area contributed by atoms with Gasteiger partial charge in [0.1, 0.15) is 35.8 Å². The smallest absolute Gasteiger partial charge is 0.294 e. The van der Waals surface area contributed by atoms with Gasteiger partial charge in [0.25, 0.3) is 11.7 Å². The van der Waals surface area contributed by atoms with Crippen LogP contribution in [0.4, 0.5) is 8.78 Å². The van der Waals surface area contributed by atoms with E-state index in [4.69, 9.17) is 9.47 Å². The monoisotopic (exact) mass is 529 g/mol. The quantitative estimate of drug-likeness (QED) is 0.341. The molecule has 2 atom stereocenters. The van der Waals surface area contributed by atoms with Crippen LogP contribution in [0.3, 0.4) is 0 Å². The Bertz CT molecular complexity index is 1290. The number of ether oxygens (including phenoxy) is 2.